The van der Waals surface area contributed by atoms with E-state index in [1.54, 1.807) is 0 Å². The Bertz CT molecular complexity index is 713. The first-order valence-electron chi connectivity index (χ1n) is 6.29. The lowest BCUT2D eigenvalue weighted by molar-refractivity contribution is 0.434. The minimum Gasteiger partial charge on any atom is -0.320 e. The molecule has 5 nitrogen and oxygen atoms in total. The molecule has 114 valence electrons. The Morgan fingerprint density at radius 2 is 2.00 bits per heavy atom. The van der Waals surface area contributed by atoms with Crippen molar-refractivity contribution in [3.05, 3.63) is 29.6 Å². The van der Waals surface area contributed by atoms with Crippen LogP contribution in [0.3, 0.4) is 0 Å². The molecule has 2 N–H and O–H groups in total. The molecule has 1 aliphatic rings. The van der Waals surface area contributed by atoms with Gasteiger partial charge in [-0.05, 0) is 18.2 Å². The fourth-order valence-corrected chi connectivity index (χ4v) is 4.71. The molecular formula is C13H15FN2O3S2. The molecule has 2 rings (SSSR count). The van der Waals surface area contributed by atoms with E-state index in [4.69, 9.17) is 5.73 Å². The molecule has 0 atom stereocenters. The van der Waals surface area contributed by atoms with Gasteiger partial charge in [-0.1, -0.05) is 11.8 Å². The van der Waals surface area contributed by atoms with Crippen molar-refractivity contribution in [1.82, 2.24) is 4.31 Å². The van der Waals surface area contributed by atoms with Crippen LogP contribution in [-0.4, -0.2) is 48.1 Å². The van der Waals surface area contributed by atoms with Gasteiger partial charge in [0, 0.05) is 41.0 Å². The van der Waals surface area contributed by atoms with Crippen LogP contribution in [0.1, 0.15) is 5.56 Å². The third-order valence-electron chi connectivity index (χ3n) is 3.02. The van der Waals surface area contributed by atoms with Crippen LogP contribution < -0.4 is 5.73 Å². The Morgan fingerprint density at radius 1 is 1.33 bits per heavy atom. The fraction of sp³-hybridized carbons (Fsp3) is 0.385. The zero-order valence-corrected chi connectivity index (χ0v) is 12.8. The Morgan fingerprint density at radius 3 is 2.57 bits per heavy atom. The molecule has 1 aromatic rings. The standard InChI is InChI=1S/C13H15FN2O3S2/c14-12-10-11(2-1-5-15)3-4-13(12)21(18,19)16-6-8-20(17)9-7-16/h3-4,10H,5-9,15H2. The molecule has 0 spiro atoms. The molecule has 0 saturated carbocycles. The number of nitrogens with zero attached hydrogens (tertiary/aromatic N) is 1. The maximum Gasteiger partial charge on any atom is 0.246 e. The zero-order valence-electron chi connectivity index (χ0n) is 11.2. The van der Waals surface area contributed by atoms with E-state index in [1.165, 1.54) is 12.1 Å². The van der Waals surface area contributed by atoms with E-state index in [2.05, 4.69) is 11.8 Å². The summed E-state index contributed by atoms with van der Waals surface area (Å²) in [4.78, 5) is -0.381. The number of benzene rings is 1. The Hall–Kier alpha value is -1.27. The smallest absolute Gasteiger partial charge is 0.246 e. The Kier molecular flexibility index (Phi) is 5.11. The number of nitrogens with two attached hydrogens (primary N) is 1. The van der Waals surface area contributed by atoms with Gasteiger partial charge < -0.3 is 5.73 Å². The van der Waals surface area contributed by atoms with Crippen molar-refractivity contribution in [2.24, 2.45) is 5.73 Å². The van der Waals surface area contributed by atoms with Crippen molar-refractivity contribution in [1.29, 1.82) is 0 Å². The van der Waals surface area contributed by atoms with Crippen LogP contribution in [-0.2, 0) is 20.8 Å². The van der Waals surface area contributed by atoms with Crippen LogP contribution in [0.2, 0.25) is 0 Å². The van der Waals surface area contributed by atoms with Crippen molar-refractivity contribution in [2.75, 3.05) is 31.1 Å². The Balaban J connectivity index is 2.30. The molecule has 0 radical (unpaired) electrons. The monoisotopic (exact) mass is 330 g/mol. The first-order chi connectivity index (χ1) is 9.95. The summed E-state index contributed by atoms with van der Waals surface area (Å²) in [6, 6.07) is 3.73. The maximum absolute atomic E-state index is 14.0. The first kappa shape index (κ1) is 16.1. The van der Waals surface area contributed by atoms with Gasteiger partial charge in [0.2, 0.25) is 10.0 Å². The number of hydrogen-bond acceptors (Lipinski definition) is 4. The quantitative estimate of drug-likeness (QED) is 0.767. The number of hydrogen-bond donors (Lipinski definition) is 1. The highest BCUT2D eigenvalue weighted by molar-refractivity contribution is 7.89. The van der Waals surface area contributed by atoms with Crippen molar-refractivity contribution >= 4 is 20.8 Å². The topological polar surface area (TPSA) is 80.5 Å². The number of rotatable bonds is 2. The van der Waals surface area contributed by atoms with Crippen molar-refractivity contribution < 1.29 is 17.0 Å². The van der Waals surface area contributed by atoms with Crippen molar-refractivity contribution in [2.45, 2.75) is 4.90 Å². The van der Waals surface area contributed by atoms with Crippen LogP contribution in [0.5, 0.6) is 0 Å². The van der Waals surface area contributed by atoms with Crippen LogP contribution in [0.25, 0.3) is 0 Å². The molecule has 0 aromatic heterocycles. The van der Waals surface area contributed by atoms with E-state index in [0.717, 1.165) is 10.4 Å². The second-order valence-corrected chi connectivity index (χ2v) is 8.01. The lowest BCUT2D eigenvalue weighted by atomic mass is 10.2. The molecular weight excluding hydrogens is 315 g/mol. The molecule has 0 aliphatic carbocycles. The highest BCUT2D eigenvalue weighted by Crippen LogP contribution is 2.21. The lowest BCUT2D eigenvalue weighted by Crippen LogP contribution is -2.41. The normalized spacial score (nSPS) is 17.2. The fourth-order valence-electron chi connectivity index (χ4n) is 1.94. The van der Waals surface area contributed by atoms with Gasteiger partial charge in [-0.2, -0.15) is 4.31 Å². The summed E-state index contributed by atoms with van der Waals surface area (Å²) in [5.74, 6) is 4.94. The molecule has 0 bridgehead atoms. The predicted molar refractivity (Wildman–Crippen MR) is 79.0 cm³/mol. The van der Waals surface area contributed by atoms with Gasteiger partial charge >= 0.3 is 0 Å². The second kappa shape index (κ2) is 6.66. The summed E-state index contributed by atoms with van der Waals surface area (Å²) in [6.07, 6.45) is 0. The summed E-state index contributed by atoms with van der Waals surface area (Å²) in [5, 5.41) is 0. The highest BCUT2D eigenvalue weighted by atomic mass is 32.2. The summed E-state index contributed by atoms with van der Waals surface area (Å²) < 4.78 is 51.2. The average molecular weight is 330 g/mol. The molecule has 1 fully saturated rings. The van der Waals surface area contributed by atoms with E-state index in [9.17, 15) is 17.0 Å². The SMILES string of the molecule is NCC#Cc1ccc(S(=O)(=O)N2CCS(=O)CC2)c(F)c1. The van der Waals surface area contributed by atoms with Gasteiger partial charge in [0.25, 0.3) is 0 Å². The van der Waals surface area contributed by atoms with Gasteiger partial charge in [0.15, 0.2) is 0 Å². The van der Waals surface area contributed by atoms with Gasteiger partial charge in [0.05, 0.1) is 6.54 Å². The predicted octanol–water partition coefficient (Wildman–Crippen LogP) is -0.111. The van der Waals surface area contributed by atoms with Crippen molar-refractivity contribution in [3.63, 3.8) is 0 Å². The van der Waals surface area contributed by atoms with E-state index >= 15 is 0 Å². The van der Waals surface area contributed by atoms with Gasteiger partial charge in [-0.3, -0.25) is 4.21 Å². The summed E-state index contributed by atoms with van der Waals surface area (Å²) >= 11 is 0. The second-order valence-electron chi connectivity index (χ2n) is 4.40. The largest absolute Gasteiger partial charge is 0.320 e. The molecule has 1 saturated heterocycles. The Labute approximate surface area is 125 Å². The van der Waals surface area contributed by atoms with Crippen LogP contribution in [0.15, 0.2) is 23.1 Å². The molecule has 8 heteroatoms. The average Bonchev–Trinajstić information content (AvgIpc) is 2.45. The zero-order chi connectivity index (χ0) is 15.5. The lowest BCUT2D eigenvalue weighted by Gasteiger charge is -2.25. The maximum atomic E-state index is 14.0. The van der Waals surface area contributed by atoms with Crippen LogP contribution in [0, 0.1) is 17.7 Å². The molecule has 1 aromatic carbocycles. The molecule has 1 heterocycles. The van der Waals surface area contributed by atoms with E-state index in [0.29, 0.717) is 5.56 Å². The summed E-state index contributed by atoms with van der Waals surface area (Å²) in [6.45, 7) is 0.429. The molecule has 0 amide bonds. The summed E-state index contributed by atoms with van der Waals surface area (Å²) in [5.41, 5.74) is 5.60. The van der Waals surface area contributed by atoms with Crippen molar-refractivity contribution in [3.8, 4) is 11.8 Å². The molecule has 0 unspecified atom stereocenters. The summed E-state index contributed by atoms with van der Waals surface area (Å²) in [7, 11) is -4.90. The van der Waals surface area contributed by atoms with E-state index < -0.39 is 26.6 Å². The molecule has 1 aliphatic heterocycles. The van der Waals surface area contributed by atoms with Crippen LogP contribution in [0.4, 0.5) is 4.39 Å². The van der Waals surface area contributed by atoms with Gasteiger partial charge in [0.1, 0.15) is 10.7 Å². The number of sulfonamides is 1. The van der Waals surface area contributed by atoms with E-state index in [-0.39, 0.29) is 36.0 Å². The third kappa shape index (κ3) is 3.68. The third-order valence-corrected chi connectivity index (χ3v) is 6.23. The minimum atomic E-state index is -3.90. The minimum absolute atomic E-state index is 0.142. The van der Waals surface area contributed by atoms with Gasteiger partial charge in [-0.25, -0.2) is 12.8 Å². The first-order valence-corrected chi connectivity index (χ1v) is 9.21. The van der Waals surface area contributed by atoms with Crippen LogP contribution >= 0.6 is 0 Å². The molecule has 21 heavy (non-hydrogen) atoms. The van der Waals surface area contributed by atoms with Gasteiger partial charge in [-0.15, -0.1) is 0 Å². The highest BCUT2D eigenvalue weighted by Gasteiger charge is 2.30. The number of halogens is 1. The van der Waals surface area contributed by atoms with E-state index in [1.807, 2.05) is 0 Å².